The Morgan fingerprint density at radius 1 is 1.17 bits per heavy atom. The summed E-state index contributed by atoms with van der Waals surface area (Å²) in [6, 6.07) is 16.5. The highest BCUT2D eigenvalue weighted by atomic mass is 16.5. The summed E-state index contributed by atoms with van der Waals surface area (Å²) in [6.45, 7) is 5.50. The standard InChI is InChI=1S/C23H28N2O5/c1-17-8-10-20(11-9-17)29-16-21-14-25(12-13-28-21)22(26)18(2)24-23(27)30-15-19-6-4-3-5-7-19/h3-11,18,21H,12-16H2,1-2H3,(H,24,27). The number of amides is 2. The van der Waals surface area contributed by atoms with E-state index in [0.29, 0.717) is 26.3 Å². The van der Waals surface area contributed by atoms with Crippen molar-refractivity contribution in [3.05, 3.63) is 65.7 Å². The molecule has 2 amide bonds. The third-order valence-electron chi connectivity index (χ3n) is 4.82. The lowest BCUT2D eigenvalue weighted by Gasteiger charge is -2.34. The Hall–Kier alpha value is -3.06. The molecule has 1 fully saturated rings. The van der Waals surface area contributed by atoms with Crippen molar-refractivity contribution in [1.82, 2.24) is 10.2 Å². The van der Waals surface area contributed by atoms with Crippen molar-refractivity contribution in [1.29, 1.82) is 0 Å². The zero-order valence-electron chi connectivity index (χ0n) is 17.4. The second-order valence-corrected chi connectivity index (χ2v) is 7.33. The molecule has 0 aliphatic carbocycles. The van der Waals surface area contributed by atoms with Crippen LogP contribution in [0.5, 0.6) is 5.75 Å². The molecule has 7 heteroatoms. The quantitative estimate of drug-likeness (QED) is 0.757. The fourth-order valence-electron chi connectivity index (χ4n) is 3.12. The Morgan fingerprint density at radius 3 is 2.63 bits per heavy atom. The molecule has 7 nitrogen and oxygen atoms in total. The van der Waals surface area contributed by atoms with Gasteiger partial charge >= 0.3 is 6.09 Å². The van der Waals surface area contributed by atoms with Crippen LogP contribution in [0.15, 0.2) is 54.6 Å². The summed E-state index contributed by atoms with van der Waals surface area (Å²) in [5.41, 5.74) is 2.05. The average Bonchev–Trinajstić information content (AvgIpc) is 2.77. The fraction of sp³-hybridized carbons (Fsp3) is 0.391. The number of aryl methyl sites for hydroxylation is 1. The van der Waals surface area contributed by atoms with Gasteiger partial charge in [-0.3, -0.25) is 4.79 Å². The lowest BCUT2D eigenvalue weighted by atomic mass is 10.2. The van der Waals surface area contributed by atoms with E-state index in [1.165, 1.54) is 0 Å². The summed E-state index contributed by atoms with van der Waals surface area (Å²) in [7, 11) is 0. The van der Waals surface area contributed by atoms with Crippen LogP contribution in [0.25, 0.3) is 0 Å². The van der Waals surface area contributed by atoms with Gasteiger partial charge in [0.05, 0.1) is 13.2 Å². The normalized spacial score (nSPS) is 17.1. The number of morpholine rings is 1. The van der Waals surface area contributed by atoms with Crippen LogP contribution in [0.2, 0.25) is 0 Å². The first-order valence-corrected chi connectivity index (χ1v) is 10.1. The van der Waals surface area contributed by atoms with Crippen molar-refractivity contribution >= 4 is 12.0 Å². The smallest absolute Gasteiger partial charge is 0.408 e. The van der Waals surface area contributed by atoms with Gasteiger partial charge < -0.3 is 24.4 Å². The maximum Gasteiger partial charge on any atom is 0.408 e. The second kappa shape index (κ2) is 10.6. The summed E-state index contributed by atoms with van der Waals surface area (Å²) < 4.78 is 16.7. The Morgan fingerprint density at radius 2 is 1.90 bits per heavy atom. The Labute approximate surface area is 176 Å². The van der Waals surface area contributed by atoms with Gasteiger partial charge in [-0.05, 0) is 31.5 Å². The number of rotatable bonds is 7. The molecule has 0 saturated carbocycles. The number of carbonyl (C=O) groups excluding carboxylic acids is 2. The van der Waals surface area contributed by atoms with Crippen LogP contribution in [0.3, 0.4) is 0 Å². The minimum Gasteiger partial charge on any atom is -0.491 e. The highest BCUT2D eigenvalue weighted by Crippen LogP contribution is 2.14. The first-order chi connectivity index (χ1) is 14.5. The number of alkyl carbamates (subject to hydrolysis) is 1. The van der Waals surface area contributed by atoms with Gasteiger partial charge in [0, 0.05) is 6.54 Å². The molecule has 0 aromatic heterocycles. The minimum absolute atomic E-state index is 0.156. The van der Waals surface area contributed by atoms with E-state index in [9.17, 15) is 9.59 Å². The zero-order chi connectivity index (χ0) is 21.3. The van der Waals surface area contributed by atoms with E-state index in [1.807, 2.05) is 61.5 Å². The molecule has 160 valence electrons. The molecule has 2 aromatic carbocycles. The number of hydrogen-bond donors (Lipinski definition) is 1. The number of hydrogen-bond acceptors (Lipinski definition) is 5. The van der Waals surface area contributed by atoms with E-state index in [0.717, 1.165) is 16.9 Å². The van der Waals surface area contributed by atoms with E-state index < -0.39 is 12.1 Å². The molecule has 1 heterocycles. The first kappa shape index (κ1) is 21.6. The van der Waals surface area contributed by atoms with Crippen LogP contribution >= 0.6 is 0 Å². The maximum absolute atomic E-state index is 12.7. The lowest BCUT2D eigenvalue weighted by Crippen LogP contribution is -2.53. The van der Waals surface area contributed by atoms with Crippen LogP contribution in [-0.2, 0) is 20.9 Å². The van der Waals surface area contributed by atoms with Crippen LogP contribution in [0, 0.1) is 6.92 Å². The highest BCUT2D eigenvalue weighted by molar-refractivity contribution is 5.85. The molecule has 2 atom stereocenters. The monoisotopic (exact) mass is 412 g/mol. The minimum atomic E-state index is -0.690. The SMILES string of the molecule is Cc1ccc(OCC2CN(C(=O)C(C)NC(=O)OCc3ccccc3)CCO2)cc1. The van der Waals surface area contributed by atoms with Crippen molar-refractivity contribution in [3.63, 3.8) is 0 Å². The Bertz CT molecular complexity index is 825. The molecule has 3 rings (SSSR count). The number of benzene rings is 2. The number of carbonyl (C=O) groups is 2. The molecule has 0 radical (unpaired) electrons. The topological polar surface area (TPSA) is 77.1 Å². The number of nitrogens with zero attached hydrogens (tertiary/aromatic N) is 1. The van der Waals surface area contributed by atoms with E-state index in [1.54, 1.807) is 11.8 Å². The molecule has 0 spiro atoms. The van der Waals surface area contributed by atoms with Crippen molar-refractivity contribution in [2.24, 2.45) is 0 Å². The van der Waals surface area contributed by atoms with Crippen molar-refractivity contribution in [2.75, 3.05) is 26.3 Å². The molecule has 2 unspecified atom stereocenters. The van der Waals surface area contributed by atoms with Crippen molar-refractivity contribution in [3.8, 4) is 5.75 Å². The molecule has 2 aromatic rings. The van der Waals surface area contributed by atoms with Crippen LogP contribution in [0.1, 0.15) is 18.1 Å². The second-order valence-electron chi connectivity index (χ2n) is 7.33. The van der Waals surface area contributed by atoms with Gasteiger partial charge in [0.1, 0.15) is 31.1 Å². The molecular formula is C23H28N2O5. The van der Waals surface area contributed by atoms with E-state index in [4.69, 9.17) is 14.2 Å². The van der Waals surface area contributed by atoms with Gasteiger partial charge in [0.15, 0.2) is 0 Å². The molecule has 1 saturated heterocycles. The third kappa shape index (κ3) is 6.49. The number of ether oxygens (including phenoxy) is 3. The van der Waals surface area contributed by atoms with E-state index in [-0.39, 0.29) is 18.6 Å². The lowest BCUT2D eigenvalue weighted by molar-refractivity contribution is -0.141. The highest BCUT2D eigenvalue weighted by Gasteiger charge is 2.28. The fourth-order valence-corrected chi connectivity index (χ4v) is 3.12. The van der Waals surface area contributed by atoms with Crippen LogP contribution in [-0.4, -0.2) is 55.3 Å². The summed E-state index contributed by atoms with van der Waals surface area (Å²) in [5, 5.41) is 2.60. The van der Waals surface area contributed by atoms with Gasteiger partial charge in [-0.1, -0.05) is 48.0 Å². The molecule has 1 N–H and O–H groups in total. The van der Waals surface area contributed by atoms with Crippen LogP contribution in [0.4, 0.5) is 4.79 Å². The largest absolute Gasteiger partial charge is 0.491 e. The summed E-state index contributed by atoms with van der Waals surface area (Å²) in [4.78, 5) is 26.4. The molecule has 0 bridgehead atoms. The third-order valence-corrected chi connectivity index (χ3v) is 4.82. The summed E-state index contributed by atoms with van der Waals surface area (Å²) >= 11 is 0. The van der Waals surface area contributed by atoms with E-state index >= 15 is 0 Å². The van der Waals surface area contributed by atoms with Gasteiger partial charge in [-0.15, -0.1) is 0 Å². The Balaban J connectivity index is 1.43. The van der Waals surface area contributed by atoms with E-state index in [2.05, 4.69) is 5.32 Å². The predicted octanol–water partition coefficient (Wildman–Crippen LogP) is 2.92. The first-order valence-electron chi connectivity index (χ1n) is 10.1. The zero-order valence-corrected chi connectivity index (χ0v) is 17.4. The van der Waals surface area contributed by atoms with Gasteiger partial charge in [0.2, 0.25) is 5.91 Å². The average molecular weight is 412 g/mol. The maximum atomic E-state index is 12.7. The molecule has 1 aliphatic rings. The summed E-state index contributed by atoms with van der Waals surface area (Å²) in [6.07, 6.45) is -0.839. The summed E-state index contributed by atoms with van der Waals surface area (Å²) in [5.74, 6) is 0.596. The van der Waals surface area contributed by atoms with Crippen LogP contribution < -0.4 is 10.1 Å². The van der Waals surface area contributed by atoms with Gasteiger partial charge in [0.25, 0.3) is 0 Å². The van der Waals surface area contributed by atoms with Crippen molar-refractivity contribution in [2.45, 2.75) is 32.6 Å². The molecule has 30 heavy (non-hydrogen) atoms. The van der Waals surface area contributed by atoms with Gasteiger partial charge in [-0.25, -0.2) is 4.79 Å². The molecular weight excluding hydrogens is 384 g/mol. The van der Waals surface area contributed by atoms with Gasteiger partial charge in [-0.2, -0.15) is 0 Å². The predicted molar refractivity (Wildman–Crippen MR) is 112 cm³/mol. The molecule has 1 aliphatic heterocycles. The number of nitrogens with one attached hydrogen (secondary N) is 1. The van der Waals surface area contributed by atoms with Crippen molar-refractivity contribution < 1.29 is 23.8 Å². The Kier molecular flexibility index (Phi) is 7.68.